The third-order valence-corrected chi connectivity index (χ3v) is 6.50. The van der Waals surface area contributed by atoms with Gasteiger partial charge in [-0.3, -0.25) is 9.59 Å². The van der Waals surface area contributed by atoms with Crippen LogP contribution >= 0.6 is 0 Å². The van der Waals surface area contributed by atoms with Crippen LogP contribution < -0.4 is 22.1 Å². The van der Waals surface area contributed by atoms with Crippen molar-refractivity contribution < 1.29 is 35.9 Å². The number of amides is 2. The predicted octanol–water partition coefficient (Wildman–Crippen LogP) is 3.28. The van der Waals surface area contributed by atoms with Gasteiger partial charge in [0.05, 0.1) is 0 Å². The van der Waals surface area contributed by atoms with Gasteiger partial charge in [0.25, 0.3) is 0 Å². The lowest BCUT2D eigenvalue weighted by Gasteiger charge is -2.30. The Kier molecular flexibility index (Phi) is 10.1. The molecule has 6 nitrogen and oxygen atoms in total. The second-order valence-corrected chi connectivity index (χ2v) is 9.74. The third-order valence-electron chi connectivity index (χ3n) is 6.50. The van der Waals surface area contributed by atoms with E-state index < -0.39 is 47.0 Å². The van der Waals surface area contributed by atoms with Gasteiger partial charge in [0, 0.05) is 49.1 Å². The van der Waals surface area contributed by atoms with E-state index in [0.717, 1.165) is 12.1 Å². The molecule has 0 saturated heterocycles. The molecule has 1 saturated carbocycles. The van der Waals surface area contributed by atoms with E-state index in [1.54, 1.807) is 0 Å². The third kappa shape index (κ3) is 8.45. The second kappa shape index (κ2) is 13.1. The Morgan fingerprint density at radius 1 is 0.632 bits per heavy atom. The van der Waals surface area contributed by atoms with Gasteiger partial charge < -0.3 is 22.1 Å². The van der Waals surface area contributed by atoms with Gasteiger partial charge in [0.2, 0.25) is 11.8 Å². The zero-order valence-electron chi connectivity index (χ0n) is 20.5. The Labute approximate surface area is 216 Å². The van der Waals surface area contributed by atoms with Crippen molar-refractivity contribution in [3.8, 4) is 0 Å². The number of nitrogens with one attached hydrogen (secondary N) is 2. The largest absolute Gasteiger partial charge is 0.353 e. The predicted molar refractivity (Wildman–Crippen MR) is 128 cm³/mol. The minimum absolute atomic E-state index is 0.116. The fraction of sp³-hybridized carbons (Fsp3) is 0.462. The summed E-state index contributed by atoms with van der Waals surface area (Å²) in [7, 11) is 0. The molecule has 0 aromatic heterocycles. The van der Waals surface area contributed by atoms with E-state index in [-0.39, 0.29) is 60.7 Å². The van der Waals surface area contributed by atoms with Crippen LogP contribution in [0, 0.1) is 34.9 Å². The molecule has 0 unspecified atom stereocenters. The average Bonchev–Trinajstić information content (AvgIpc) is 2.82. The fourth-order valence-corrected chi connectivity index (χ4v) is 4.58. The van der Waals surface area contributed by atoms with Crippen LogP contribution in [0.4, 0.5) is 26.3 Å². The normalized spacial score (nSPS) is 19.1. The van der Waals surface area contributed by atoms with E-state index in [1.165, 1.54) is 0 Å². The molecule has 38 heavy (non-hydrogen) atoms. The van der Waals surface area contributed by atoms with Gasteiger partial charge in [0.1, 0.15) is 11.6 Å². The van der Waals surface area contributed by atoms with Crippen molar-refractivity contribution in [2.24, 2.45) is 11.5 Å². The molecule has 1 aliphatic carbocycles. The number of nitrogens with two attached hydrogens (primary N) is 2. The Balaban J connectivity index is 1.37. The molecular weight excluding hydrogens is 514 g/mol. The highest BCUT2D eigenvalue weighted by molar-refractivity contribution is 5.77. The van der Waals surface area contributed by atoms with Crippen molar-refractivity contribution in [1.82, 2.24) is 10.6 Å². The zero-order chi connectivity index (χ0) is 28.0. The lowest BCUT2D eigenvalue weighted by Crippen LogP contribution is -2.45. The number of halogens is 6. The van der Waals surface area contributed by atoms with Crippen molar-refractivity contribution in [1.29, 1.82) is 0 Å². The molecule has 0 bridgehead atoms. The summed E-state index contributed by atoms with van der Waals surface area (Å²) in [6.07, 6.45) is 1.77. The lowest BCUT2D eigenvalue weighted by molar-refractivity contribution is -0.124. The van der Waals surface area contributed by atoms with Crippen molar-refractivity contribution in [3.05, 3.63) is 70.3 Å². The first kappa shape index (κ1) is 29.4. The highest BCUT2D eigenvalue weighted by Gasteiger charge is 2.25. The van der Waals surface area contributed by atoms with E-state index >= 15 is 0 Å². The van der Waals surface area contributed by atoms with Gasteiger partial charge in [-0.25, -0.2) is 26.3 Å². The molecule has 1 aliphatic rings. The average molecular weight is 545 g/mol. The number of carbonyl (C=O) groups is 2. The Morgan fingerprint density at radius 2 is 0.947 bits per heavy atom. The highest BCUT2D eigenvalue weighted by Crippen LogP contribution is 2.20. The number of rotatable bonds is 10. The van der Waals surface area contributed by atoms with E-state index in [4.69, 9.17) is 11.5 Å². The van der Waals surface area contributed by atoms with Crippen molar-refractivity contribution in [2.45, 2.75) is 75.5 Å². The van der Waals surface area contributed by atoms with Crippen molar-refractivity contribution >= 4 is 11.8 Å². The number of hydrogen-bond donors (Lipinski definition) is 4. The van der Waals surface area contributed by atoms with E-state index in [1.807, 2.05) is 0 Å². The molecule has 2 amide bonds. The van der Waals surface area contributed by atoms with Crippen LogP contribution in [-0.2, 0) is 22.4 Å². The van der Waals surface area contributed by atoms with E-state index in [9.17, 15) is 35.9 Å². The minimum Gasteiger partial charge on any atom is -0.353 e. The van der Waals surface area contributed by atoms with Gasteiger partial charge in [-0.15, -0.1) is 0 Å². The molecule has 2 aromatic rings. The molecular formula is C26H30F6N4O2. The highest BCUT2D eigenvalue weighted by atomic mass is 19.2. The smallest absolute Gasteiger partial charge is 0.221 e. The molecule has 208 valence electrons. The van der Waals surface area contributed by atoms with Gasteiger partial charge in [-0.2, -0.15) is 0 Å². The van der Waals surface area contributed by atoms with Crippen LogP contribution in [0.15, 0.2) is 24.3 Å². The second-order valence-electron chi connectivity index (χ2n) is 9.74. The monoisotopic (exact) mass is 544 g/mol. The van der Waals surface area contributed by atoms with Gasteiger partial charge in [0.15, 0.2) is 23.3 Å². The molecule has 2 aromatic carbocycles. The Morgan fingerprint density at radius 3 is 1.29 bits per heavy atom. The number of benzene rings is 2. The van der Waals surface area contributed by atoms with Crippen molar-refractivity contribution in [3.63, 3.8) is 0 Å². The van der Waals surface area contributed by atoms with E-state index in [2.05, 4.69) is 10.6 Å². The summed E-state index contributed by atoms with van der Waals surface area (Å²) in [4.78, 5) is 24.7. The van der Waals surface area contributed by atoms with Crippen LogP contribution in [-0.4, -0.2) is 36.0 Å². The van der Waals surface area contributed by atoms with Gasteiger partial charge in [-0.1, -0.05) is 0 Å². The number of hydrogen-bond acceptors (Lipinski definition) is 4. The zero-order valence-corrected chi connectivity index (χ0v) is 20.5. The molecule has 0 aliphatic heterocycles. The molecule has 1 fully saturated rings. The Bertz CT molecular complexity index is 1070. The van der Waals surface area contributed by atoms with E-state index in [0.29, 0.717) is 37.8 Å². The van der Waals surface area contributed by atoms with Crippen molar-refractivity contribution in [2.75, 3.05) is 0 Å². The summed E-state index contributed by atoms with van der Waals surface area (Å²) in [5.74, 6) is -7.57. The fourth-order valence-electron chi connectivity index (χ4n) is 4.58. The van der Waals surface area contributed by atoms with Crippen LogP contribution in [0.5, 0.6) is 0 Å². The molecule has 6 N–H and O–H groups in total. The number of carbonyl (C=O) groups excluding carboxylic acids is 2. The summed E-state index contributed by atoms with van der Waals surface area (Å²) in [5.41, 5.74) is 11.6. The summed E-state index contributed by atoms with van der Waals surface area (Å²) in [5, 5.41) is 5.69. The molecule has 0 heterocycles. The van der Waals surface area contributed by atoms with Crippen LogP contribution in [0.2, 0.25) is 0 Å². The molecule has 2 atom stereocenters. The first-order chi connectivity index (χ1) is 17.9. The summed E-state index contributed by atoms with van der Waals surface area (Å²) in [6, 6.07) is 0.437. The molecule has 0 radical (unpaired) electrons. The topological polar surface area (TPSA) is 110 Å². The first-order valence-electron chi connectivity index (χ1n) is 12.3. The van der Waals surface area contributed by atoms with Gasteiger partial charge in [-0.05, 0) is 61.8 Å². The maximum absolute atomic E-state index is 13.8. The van der Waals surface area contributed by atoms with Crippen LogP contribution in [0.3, 0.4) is 0 Å². The maximum atomic E-state index is 13.8. The standard InChI is InChI=1S/C26H30F6N4O2/c27-19-11-23(31)21(29)7-13(19)5-15(33)9-25(37)35-17-1-2-18(4-3-17)36-26(38)10-16(34)6-14-8-22(30)24(32)12-20(14)28/h7-8,11-12,15-18H,1-6,9-10,33-34H2,(H,35,37)(H,36,38)/t15-,16+,17?,18?. The Hall–Kier alpha value is -3.12. The summed E-state index contributed by atoms with van der Waals surface area (Å²) >= 11 is 0. The minimum atomic E-state index is -1.30. The van der Waals surface area contributed by atoms with Crippen LogP contribution in [0.25, 0.3) is 0 Å². The molecule has 3 rings (SSSR count). The quantitative estimate of drug-likeness (QED) is 0.272. The SMILES string of the molecule is N[C@H](CC(=O)NC1CCC(NC(=O)C[C@H](N)Cc2cc(F)c(F)cc2F)CC1)Cc1cc(F)c(F)cc1F. The first-order valence-corrected chi connectivity index (χ1v) is 12.3. The molecule has 0 spiro atoms. The molecule has 12 heteroatoms. The maximum Gasteiger partial charge on any atom is 0.221 e. The lowest BCUT2D eigenvalue weighted by atomic mass is 9.90. The van der Waals surface area contributed by atoms with Gasteiger partial charge >= 0.3 is 0 Å². The van der Waals surface area contributed by atoms with Crippen LogP contribution in [0.1, 0.15) is 49.7 Å². The summed E-state index contributed by atoms with van der Waals surface area (Å²) < 4.78 is 80.4. The summed E-state index contributed by atoms with van der Waals surface area (Å²) in [6.45, 7) is 0.